The van der Waals surface area contributed by atoms with Crippen molar-refractivity contribution >= 4 is 39.4 Å². The first kappa shape index (κ1) is 32.3. The molecule has 0 unspecified atom stereocenters. The van der Waals surface area contributed by atoms with E-state index in [4.69, 9.17) is 4.98 Å². The van der Waals surface area contributed by atoms with Gasteiger partial charge in [0.25, 0.3) is 15.9 Å². The molecule has 5 heterocycles. The summed E-state index contributed by atoms with van der Waals surface area (Å²) in [7, 11) is -4.31. The van der Waals surface area contributed by atoms with Crippen LogP contribution in [0.25, 0.3) is 0 Å². The van der Waals surface area contributed by atoms with Gasteiger partial charge < -0.3 is 15.1 Å². The van der Waals surface area contributed by atoms with Crippen LogP contribution in [-0.2, 0) is 10.0 Å². The maximum absolute atomic E-state index is 13.6. The number of alkyl halides is 3. The summed E-state index contributed by atoms with van der Waals surface area (Å²) in [4.78, 5) is 41.4. The van der Waals surface area contributed by atoms with Crippen LogP contribution in [0.3, 0.4) is 0 Å². The van der Waals surface area contributed by atoms with Crippen molar-refractivity contribution in [1.82, 2.24) is 19.6 Å². The van der Waals surface area contributed by atoms with Crippen molar-refractivity contribution < 1.29 is 31.2 Å². The third-order valence-electron chi connectivity index (χ3n) is 9.80. The average molecular weight is 664 g/mol. The highest BCUT2D eigenvalue weighted by Gasteiger charge is 2.43. The van der Waals surface area contributed by atoms with E-state index in [9.17, 15) is 31.2 Å². The molecule has 3 fully saturated rings. The van der Waals surface area contributed by atoms with Crippen molar-refractivity contribution in [2.24, 2.45) is 17.8 Å². The van der Waals surface area contributed by atoms with E-state index < -0.39 is 33.6 Å². The second-order valence-corrected chi connectivity index (χ2v) is 15.2. The van der Waals surface area contributed by atoms with E-state index in [0.717, 1.165) is 19.3 Å². The average Bonchev–Trinajstić information content (AvgIpc) is 3.51. The highest BCUT2D eigenvalue weighted by atomic mass is 32.2. The predicted molar refractivity (Wildman–Crippen MR) is 166 cm³/mol. The Labute approximate surface area is 267 Å². The minimum Gasteiger partial charge on any atom is -0.370 e. The summed E-state index contributed by atoms with van der Waals surface area (Å²) in [5.74, 6) is -0.800. The number of hydrogen-bond acceptors (Lipinski definition) is 8. The minimum atomic E-state index is -4.31. The number of anilines is 3. The zero-order valence-electron chi connectivity index (χ0n) is 26.0. The number of rotatable bonds is 3. The predicted octanol–water partition coefficient (Wildman–Crippen LogP) is 5.02. The van der Waals surface area contributed by atoms with Crippen molar-refractivity contribution in [3.05, 3.63) is 35.9 Å². The number of pyridine rings is 2. The van der Waals surface area contributed by atoms with Crippen LogP contribution in [0, 0.1) is 17.8 Å². The highest BCUT2D eigenvalue weighted by Crippen LogP contribution is 2.42. The first-order valence-electron chi connectivity index (χ1n) is 15.9. The van der Waals surface area contributed by atoms with Gasteiger partial charge in [-0.1, -0.05) is 6.07 Å². The van der Waals surface area contributed by atoms with Crippen molar-refractivity contribution in [1.29, 1.82) is 0 Å². The molecule has 0 spiro atoms. The van der Waals surface area contributed by atoms with E-state index in [1.54, 1.807) is 23.1 Å². The topological polar surface area (TPSA) is 128 Å². The standard InChI is InChI=1S/C31H40F3N7O4S/c1-30(2)17-21-5-4-14-35-24-6-3-7-26(36-24)46(44,45)38-28(42)23-12-13-25(37-27(23)41(30)19-21)40-16-15-39(29(40)43)18-20-8-10-22(11-9-20)31(32,33)34/h3,6-7,12-13,20-22H,4-5,8-11,14-19H2,1-2H3,(H,35,36)(H,38,42)/t20-,21-,22+/m0/s1. The molecule has 1 atom stereocenters. The van der Waals surface area contributed by atoms with Crippen LogP contribution >= 0.6 is 0 Å². The zero-order valence-corrected chi connectivity index (χ0v) is 26.8. The van der Waals surface area contributed by atoms with E-state index >= 15 is 0 Å². The fraction of sp³-hybridized carbons (Fsp3) is 0.613. The summed E-state index contributed by atoms with van der Waals surface area (Å²) < 4.78 is 68.0. The number of sulfonamides is 1. The SMILES string of the molecule is CC1(C)C[C@@H]2CCCNc3cccc(n3)S(=O)(=O)NC(=O)c3ccc(N4CCN(C[C@H]5CC[C@@H](C(F)(F)F)CC5)C4=O)nc3N1C2. The van der Waals surface area contributed by atoms with Crippen molar-refractivity contribution in [2.75, 3.05) is 47.8 Å². The Morgan fingerprint density at radius 1 is 1.00 bits per heavy atom. The van der Waals surface area contributed by atoms with Gasteiger partial charge in [0.2, 0.25) is 0 Å². The third kappa shape index (κ3) is 6.60. The molecule has 3 aliphatic heterocycles. The molecule has 1 saturated carbocycles. The van der Waals surface area contributed by atoms with Crippen LogP contribution in [0.5, 0.6) is 0 Å². The number of aromatic nitrogens is 2. The quantitative estimate of drug-likeness (QED) is 0.469. The summed E-state index contributed by atoms with van der Waals surface area (Å²) in [6, 6.07) is 7.32. The number of nitrogens with zero attached hydrogens (tertiary/aromatic N) is 5. The number of urea groups is 1. The molecular formula is C31H40F3N7O4S. The number of hydrogen-bond donors (Lipinski definition) is 2. The minimum absolute atomic E-state index is 0.00259. The van der Waals surface area contributed by atoms with Gasteiger partial charge in [-0.05, 0) is 94.9 Å². The maximum atomic E-state index is 13.6. The Hall–Kier alpha value is -3.62. The highest BCUT2D eigenvalue weighted by molar-refractivity contribution is 7.90. The van der Waals surface area contributed by atoms with Crippen LogP contribution in [0.4, 0.5) is 35.4 Å². The molecular weight excluding hydrogens is 623 g/mol. The summed E-state index contributed by atoms with van der Waals surface area (Å²) in [5, 5.41) is 2.89. The number of nitrogens with one attached hydrogen (secondary N) is 2. The smallest absolute Gasteiger partial charge is 0.370 e. The van der Waals surface area contributed by atoms with Gasteiger partial charge in [0, 0.05) is 38.3 Å². The largest absolute Gasteiger partial charge is 0.391 e. The molecule has 0 aromatic carbocycles. The van der Waals surface area contributed by atoms with Gasteiger partial charge in [-0.2, -0.15) is 21.6 Å². The maximum Gasteiger partial charge on any atom is 0.391 e. The van der Waals surface area contributed by atoms with Gasteiger partial charge in [0.05, 0.1) is 11.5 Å². The summed E-state index contributed by atoms with van der Waals surface area (Å²) >= 11 is 0. The molecule has 4 aliphatic rings. The molecule has 6 rings (SSSR count). The van der Waals surface area contributed by atoms with Crippen molar-refractivity contribution in [3.8, 4) is 0 Å². The second kappa shape index (κ2) is 12.2. The van der Waals surface area contributed by atoms with Gasteiger partial charge in [-0.15, -0.1) is 0 Å². The van der Waals surface area contributed by atoms with Crippen LogP contribution < -0.4 is 19.8 Å². The molecule has 2 aromatic rings. The molecule has 2 N–H and O–H groups in total. The molecule has 46 heavy (non-hydrogen) atoms. The van der Waals surface area contributed by atoms with Gasteiger partial charge >= 0.3 is 12.2 Å². The first-order valence-corrected chi connectivity index (χ1v) is 17.4. The summed E-state index contributed by atoms with van der Waals surface area (Å²) in [5.41, 5.74) is -0.341. The molecule has 15 heteroatoms. The van der Waals surface area contributed by atoms with Crippen LogP contribution in [0.2, 0.25) is 0 Å². The summed E-state index contributed by atoms with van der Waals surface area (Å²) in [6.45, 7) is 6.46. The Balaban J connectivity index is 1.27. The number of carbonyl (C=O) groups is 2. The van der Waals surface area contributed by atoms with Crippen LogP contribution in [0.1, 0.15) is 69.2 Å². The number of amides is 3. The Bertz CT molecular complexity index is 1590. The molecule has 3 amide bonds. The fourth-order valence-corrected chi connectivity index (χ4v) is 8.31. The van der Waals surface area contributed by atoms with Crippen molar-refractivity contribution in [2.45, 2.75) is 75.5 Å². The van der Waals surface area contributed by atoms with Crippen LogP contribution in [0.15, 0.2) is 35.4 Å². The van der Waals surface area contributed by atoms with Crippen molar-refractivity contribution in [3.63, 3.8) is 0 Å². The lowest BCUT2D eigenvalue weighted by Crippen LogP contribution is -2.41. The monoisotopic (exact) mass is 663 g/mol. The summed E-state index contributed by atoms with van der Waals surface area (Å²) in [6.07, 6.45) is -0.617. The molecule has 2 aromatic heterocycles. The molecule has 0 radical (unpaired) electrons. The van der Waals surface area contributed by atoms with Gasteiger partial charge in [-0.25, -0.2) is 19.5 Å². The number of carbonyl (C=O) groups excluding carboxylic acids is 2. The van der Waals surface area contributed by atoms with E-state index in [1.165, 1.54) is 17.0 Å². The Kier molecular flexibility index (Phi) is 8.57. The molecule has 2 saturated heterocycles. The molecule has 250 valence electrons. The van der Waals surface area contributed by atoms with E-state index in [0.29, 0.717) is 68.9 Å². The van der Waals surface area contributed by atoms with Gasteiger partial charge in [0.15, 0.2) is 5.03 Å². The van der Waals surface area contributed by atoms with E-state index in [1.807, 2.05) is 4.90 Å². The number of halogens is 3. The number of fused-ring (bicyclic) bond motifs is 6. The lowest BCUT2D eigenvalue weighted by molar-refractivity contribution is -0.184. The van der Waals surface area contributed by atoms with E-state index in [-0.39, 0.29) is 35.4 Å². The normalized spacial score (nSPS) is 26.5. The lowest BCUT2D eigenvalue weighted by Gasteiger charge is -2.34. The Morgan fingerprint density at radius 2 is 1.76 bits per heavy atom. The van der Waals surface area contributed by atoms with Crippen LogP contribution in [-0.4, -0.2) is 79.7 Å². The molecule has 1 aliphatic carbocycles. The lowest BCUT2D eigenvalue weighted by atomic mass is 9.81. The van der Waals surface area contributed by atoms with Gasteiger partial charge in [-0.3, -0.25) is 9.69 Å². The molecule has 4 bridgehead atoms. The molecule has 11 nitrogen and oxygen atoms in total. The Morgan fingerprint density at radius 3 is 2.50 bits per heavy atom. The fourth-order valence-electron chi connectivity index (χ4n) is 7.37. The zero-order chi connectivity index (χ0) is 32.9. The third-order valence-corrected chi connectivity index (χ3v) is 11.0. The first-order chi connectivity index (χ1) is 21.7. The second-order valence-electron chi connectivity index (χ2n) is 13.5. The van der Waals surface area contributed by atoms with E-state index in [2.05, 4.69) is 28.9 Å². The van der Waals surface area contributed by atoms with Gasteiger partial charge in [0.1, 0.15) is 17.5 Å².